The van der Waals surface area contributed by atoms with Gasteiger partial charge in [0.2, 0.25) is 5.95 Å². The predicted octanol–water partition coefficient (Wildman–Crippen LogP) is 0.852. The van der Waals surface area contributed by atoms with E-state index in [1.165, 1.54) is 29.6 Å². The molecule has 2 heterocycles. The maximum absolute atomic E-state index is 13.2. The number of aliphatic hydroxyl groups is 1. The Labute approximate surface area is 181 Å². The van der Waals surface area contributed by atoms with Crippen LogP contribution >= 0.6 is 19.5 Å². The lowest BCUT2D eigenvalue weighted by molar-refractivity contribution is -0.138. The first-order chi connectivity index (χ1) is 14.7. The van der Waals surface area contributed by atoms with E-state index in [9.17, 15) is 19.3 Å². The first-order valence-electron chi connectivity index (χ1n) is 9.21. The maximum atomic E-state index is 13.2. The molecule has 5 N–H and O–H groups in total. The monoisotopic (exact) mass is 471 g/mol. The highest BCUT2D eigenvalue weighted by Crippen LogP contribution is 2.48. The van der Waals surface area contributed by atoms with Crippen LogP contribution < -0.4 is 21.0 Å². The summed E-state index contributed by atoms with van der Waals surface area (Å²) >= 11 is 1.21. The lowest BCUT2D eigenvalue weighted by Crippen LogP contribution is -2.34. The van der Waals surface area contributed by atoms with E-state index in [2.05, 4.69) is 15.1 Å². The van der Waals surface area contributed by atoms with E-state index in [-0.39, 0.29) is 24.7 Å². The van der Waals surface area contributed by atoms with Crippen LogP contribution in [-0.2, 0) is 13.9 Å². The number of nitrogen functional groups attached to an aromatic ring is 1. The highest BCUT2D eigenvalue weighted by molar-refractivity contribution is 8.00. The Balaban J connectivity index is 1.70. The number of aromatic nitrogens is 3. The van der Waals surface area contributed by atoms with Crippen LogP contribution in [0.2, 0.25) is 0 Å². The molecule has 1 fully saturated rings. The summed E-state index contributed by atoms with van der Waals surface area (Å²) in [5.74, 6) is -1.17. The molecule has 12 nitrogen and oxygen atoms in total. The highest BCUT2D eigenvalue weighted by atomic mass is 32.2. The molecule has 2 unspecified atom stereocenters. The van der Waals surface area contributed by atoms with Crippen LogP contribution in [0.15, 0.2) is 41.5 Å². The third kappa shape index (κ3) is 6.05. The molecule has 1 aromatic carbocycles. The second-order valence-electron chi connectivity index (χ2n) is 6.72. The number of hydrogen-bond acceptors (Lipinski definition) is 10. The summed E-state index contributed by atoms with van der Waals surface area (Å²) < 4.78 is 25.4. The van der Waals surface area contributed by atoms with E-state index in [0.717, 1.165) is 0 Å². The molecular formula is C17H22N5O7PS. The molecule has 1 aromatic heterocycles. The van der Waals surface area contributed by atoms with E-state index in [0.29, 0.717) is 0 Å². The summed E-state index contributed by atoms with van der Waals surface area (Å²) in [4.78, 5) is 30.6. The van der Waals surface area contributed by atoms with Gasteiger partial charge in [-0.1, -0.05) is 18.2 Å². The van der Waals surface area contributed by atoms with Crippen molar-refractivity contribution >= 4 is 31.4 Å². The van der Waals surface area contributed by atoms with Crippen LogP contribution in [0, 0.1) is 0 Å². The van der Waals surface area contributed by atoms with Crippen molar-refractivity contribution in [2.45, 2.75) is 36.1 Å². The third-order valence-corrected chi connectivity index (χ3v) is 7.54. The molecule has 0 bridgehead atoms. The minimum absolute atomic E-state index is 0.151. The molecule has 1 saturated heterocycles. The van der Waals surface area contributed by atoms with Gasteiger partial charge < -0.3 is 20.5 Å². The topological polar surface area (TPSA) is 179 Å². The number of thioether (sulfide) groups is 1. The van der Waals surface area contributed by atoms with Gasteiger partial charge in [-0.3, -0.25) is 13.9 Å². The van der Waals surface area contributed by atoms with Gasteiger partial charge in [-0.25, -0.2) is 14.3 Å². The minimum Gasteiger partial charge on any atom is -0.480 e. The van der Waals surface area contributed by atoms with Crippen LogP contribution in [0.5, 0.6) is 5.75 Å². The fraction of sp³-hybridized carbons (Fsp3) is 0.412. The summed E-state index contributed by atoms with van der Waals surface area (Å²) in [6.07, 6.45) is 0.563. The number of nitrogens with zero attached hydrogens (tertiary/aromatic N) is 3. The minimum atomic E-state index is -4.10. The number of benzene rings is 1. The molecule has 31 heavy (non-hydrogen) atoms. The summed E-state index contributed by atoms with van der Waals surface area (Å²) in [6.45, 7) is 1.08. The van der Waals surface area contributed by atoms with E-state index in [4.69, 9.17) is 19.9 Å². The molecule has 1 aliphatic heterocycles. The molecule has 0 spiro atoms. The van der Waals surface area contributed by atoms with Crippen molar-refractivity contribution in [2.24, 2.45) is 0 Å². The Hall–Kier alpha value is -2.44. The summed E-state index contributed by atoms with van der Waals surface area (Å²) in [5, 5.41) is 20.9. The average molecular weight is 471 g/mol. The SMILES string of the molecule is CC(NP(=O)(OC[C@H]1S[C@@H](n2cnc(N)nc2=O)C[C@@H]1O)Oc1ccccc1)C(=O)O. The summed E-state index contributed by atoms with van der Waals surface area (Å²) in [6, 6.07) is 6.94. The fourth-order valence-electron chi connectivity index (χ4n) is 2.76. The molecule has 0 amide bonds. The number of carboxylic acids is 1. The number of rotatable bonds is 9. The standard InChI is InChI=1S/C17H22N5O7PS/c1-10(15(24)25)21-30(27,29-11-5-3-2-4-6-11)28-8-13-12(23)7-14(31-13)22-9-19-16(18)20-17(22)26/h2-6,9-10,12-14,23H,7-8H2,1H3,(H,21,27)(H,24,25)(H2,18,20,26)/t10?,12-,13+,14+,30?/m0/s1. The number of carboxylic acid groups (broad SMARTS) is 1. The average Bonchev–Trinajstić information content (AvgIpc) is 3.07. The van der Waals surface area contributed by atoms with Crippen molar-refractivity contribution in [1.29, 1.82) is 0 Å². The fourth-order valence-corrected chi connectivity index (χ4v) is 5.81. The van der Waals surface area contributed by atoms with Gasteiger partial charge in [0.1, 0.15) is 18.1 Å². The smallest absolute Gasteiger partial charge is 0.459 e. The van der Waals surface area contributed by atoms with E-state index in [1.54, 1.807) is 30.3 Å². The van der Waals surface area contributed by atoms with Crippen LogP contribution in [0.1, 0.15) is 18.7 Å². The normalized spacial score (nSPS) is 23.7. The van der Waals surface area contributed by atoms with Gasteiger partial charge >= 0.3 is 19.4 Å². The second kappa shape index (κ2) is 9.79. The van der Waals surface area contributed by atoms with Gasteiger partial charge in [-0.05, 0) is 19.1 Å². The Kier molecular flexibility index (Phi) is 7.34. The van der Waals surface area contributed by atoms with Gasteiger partial charge in [0.05, 0.1) is 23.3 Å². The molecule has 5 atom stereocenters. The zero-order valence-electron chi connectivity index (χ0n) is 16.4. The molecule has 168 valence electrons. The van der Waals surface area contributed by atoms with E-state index < -0.39 is 42.2 Å². The van der Waals surface area contributed by atoms with Gasteiger partial charge in [0, 0.05) is 6.42 Å². The first-order valence-corrected chi connectivity index (χ1v) is 11.7. The summed E-state index contributed by atoms with van der Waals surface area (Å²) in [7, 11) is -4.10. The highest BCUT2D eigenvalue weighted by Gasteiger charge is 2.39. The lowest BCUT2D eigenvalue weighted by Gasteiger charge is -2.23. The zero-order chi connectivity index (χ0) is 22.6. The van der Waals surface area contributed by atoms with Crippen LogP contribution in [0.4, 0.5) is 5.95 Å². The Morgan fingerprint density at radius 1 is 1.45 bits per heavy atom. The summed E-state index contributed by atoms with van der Waals surface area (Å²) in [5.41, 5.74) is 4.79. The molecule has 0 aliphatic carbocycles. The van der Waals surface area contributed by atoms with Crippen LogP contribution in [0.25, 0.3) is 0 Å². The van der Waals surface area contributed by atoms with Gasteiger partial charge in [-0.2, -0.15) is 10.1 Å². The number of aliphatic carboxylic acids is 1. The van der Waals surface area contributed by atoms with Crippen molar-refractivity contribution in [1.82, 2.24) is 19.6 Å². The molecule has 3 rings (SSSR count). The number of anilines is 1. The van der Waals surface area contributed by atoms with Crippen molar-refractivity contribution in [3.8, 4) is 5.75 Å². The van der Waals surface area contributed by atoms with E-state index in [1.807, 2.05) is 0 Å². The number of aliphatic hydroxyl groups excluding tert-OH is 1. The molecule has 14 heteroatoms. The van der Waals surface area contributed by atoms with Crippen molar-refractivity contribution in [3.05, 3.63) is 47.1 Å². The number of nitrogens with one attached hydrogen (secondary N) is 1. The number of carbonyl (C=O) groups is 1. The van der Waals surface area contributed by atoms with Crippen LogP contribution in [0.3, 0.4) is 0 Å². The lowest BCUT2D eigenvalue weighted by atomic mass is 10.2. The molecule has 0 radical (unpaired) electrons. The zero-order valence-corrected chi connectivity index (χ0v) is 18.1. The van der Waals surface area contributed by atoms with E-state index >= 15 is 0 Å². The molecule has 1 aliphatic rings. The van der Waals surface area contributed by atoms with Crippen molar-refractivity contribution in [2.75, 3.05) is 12.3 Å². The number of nitrogens with two attached hydrogens (primary N) is 1. The van der Waals surface area contributed by atoms with Gasteiger partial charge in [-0.15, -0.1) is 11.8 Å². The third-order valence-electron chi connectivity index (χ3n) is 4.36. The largest absolute Gasteiger partial charge is 0.480 e. The molecule has 2 aromatic rings. The van der Waals surface area contributed by atoms with Gasteiger partial charge in [0.25, 0.3) is 0 Å². The van der Waals surface area contributed by atoms with Gasteiger partial charge in [0.15, 0.2) is 0 Å². The second-order valence-corrected chi connectivity index (χ2v) is 9.84. The Morgan fingerprint density at radius 2 is 2.16 bits per heavy atom. The number of para-hydroxylation sites is 1. The quantitative estimate of drug-likeness (QED) is 0.379. The van der Waals surface area contributed by atoms with Crippen molar-refractivity contribution < 1.29 is 28.6 Å². The maximum Gasteiger partial charge on any atom is 0.459 e. The van der Waals surface area contributed by atoms with Crippen LogP contribution in [-0.4, -0.2) is 54.7 Å². The predicted molar refractivity (Wildman–Crippen MR) is 113 cm³/mol. The molecular weight excluding hydrogens is 449 g/mol. The molecule has 0 saturated carbocycles. The van der Waals surface area contributed by atoms with Crippen molar-refractivity contribution in [3.63, 3.8) is 0 Å². The first kappa shape index (κ1) is 23.2. The Morgan fingerprint density at radius 3 is 2.81 bits per heavy atom. The number of hydrogen-bond donors (Lipinski definition) is 4. The Bertz CT molecular complexity index is 1020.